The van der Waals surface area contributed by atoms with E-state index in [-0.39, 0.29) is 18.0 Å². The van der Waals surface area contributed by atoms with E-state index in [0.717, 1.165) is 0 Å². The molecule has 7 heteroatoms. The highest BCUT2D eigenvalue weighted by Gasteiger charge is 2.07. The summed E-state index contributed by atoms with van der Waals surface area (Å²) in [5.41, 5.74) is 1.78. The zero-order chi connectivity index (χ0) is 11.3. The van der Waals surface area contributed by atoms with E-state index >= 15 is 0 Å². The van der Waals surface area contributed by atoms with E-state index < -0.39 is 10.8 Å². The van der Waals surface area contributed by atoms with Gasteiger partial charge in [-0.25, -0.2) is 5.84 Å². The van der Waals surface area contributed by atoms with Crippen molar-refractivity contribution >= 4 is 11.6 Å². The number of benzene rings is 1. The molecule has 1 amide bonds. The first-order chi connectivity index (χ1) is 7.13. The van der Waals surface area contributed by atoms with Gasteiger partial charge >= 0.3 is 0 Å². The molecule has 0 saturated heterocycles. The Morgan fingerprint density at radius 2 is 2.33 bits per heavy atom. The molecule has 0 bridgehead atoms. The number of hydrogen-bond acceptors (Lipinski definition) is 5. The van der Waals surface area contributed by atoms with E-state index in [9.17, 15) is 14.9 Å². The average Bonchev–Trinajstić information content (AvgIpc) is 2.26. The van der Waals surface area contributed by atoms with Crippen LogP contribution in [0.3, 0.4) is 0 Å². The van der Waals surface area contributed by atoms with Gasteiger partial charge in [0.25, 0.3) is 11.6 Å². The SMILES string of the molecule is NNC(=O)COc1cccc([N+](=O)[O-])c1. The topological polar surface area (TPSA) is 107 Å². The second kappa shape index (κ2) is 4.91. The van der Waals surface area contributed by atoms with Crippen molar-refractivity contribution in [3.8, 4) is 5.75 Å². The number of nitro benzene ring substituents is 1. The van der Waals surface area contributed by atoms with Crippen LogP contribution >= 0.6 is 0 Å². The summed E-state index contributed by atoms with van der Waals surface area (Å²) in [5.74, 6) is 4.56. The minimum absolute atomic E-state index is 0.0966. The van der Waals surface area contributed by atoms with E-state index in [4.69, 9.17) is 10.6 Å². The molecular formula is C8H9N3O4. The van der Waals surface area contributed by atoms with Crippen molar-refractivity contribution in [2.24, 2.45) is 5.84 Å². The van der Waals surface area contributed by atoms with Gasteiger partial charge in [-0.1, -0.05) is 6.07 Å². The smallest absolute Gasteiger partial charge is 0.273 e. The molecule has 0 heterocycles. The highest BCUT2D eigenvalue weighted by molar-refractivity contribution is 5.76. The Hall–Kier alpha value is -2.15. The van der Waals surface area contributed by atoms with E-state index in [1.165, 1.54) is 24.3 Å². The minimum atomic E-state index is -0.546. The maximum Gasteiger partial charge on any atom is 0.273 e. The molecule has 0 atom stereocenters. The lowest BCUT2D eigenvalue weighted by atomic mass is 10.3. The quantitative estimate of drug-likeness (QED) is 0.314. The average molecular weight is 211 g/mol. The fraction of sp³-hybridized carbons (Fsp3) is 0.125. The van der Waals surface area contributed by atoms with Crippen molar-refractivity contribution < 1.29 is 14.5 Å². The first-order valence-corrected chi connectivity index (χ1v) is 4.00. The van der Waals surface area contributed by atoms with Crippen LogP contribution in [-0.2, 0) is 4.79 Å². The molecule has 15 heavy (non-hydrogen) atoms. The molecule has 0 spiro atoms. The van der Waals surface area contributed by atoms with Crippen LogP contribution in [0, 0.1) is 10.1 Å². The highest BCUT2D eigenvalue weighted by atomic mass is 16.6. The van der Waals surface area contributed by atoms with Gasteiger partial charge < -0.3 is 4.74 Å². The maximum absolute atomic E-state index is 10.7. The van der Waals surface area contributed by atoms with Crippen LogP contribution in [0.2, 0.25) is 0 Å². The monoisotopic (exact) mass is 211 g/mol. The number of nitrogens with zero attached hydrogens (tertiary/aromatic N) is 1. The van der Waals surface area contributed by atoms with Gasteiger partial charge in [-0.15, -0.1) is 0 Å². The number of nitrogens with two attached hydrogens (primary N) is 1. The summed E-state index contributed by atoms with van der Waals surface area (Å²) in [4.78, 5) is 20.6. The summed E-state index contributed by atoms with van der Waals surface area (Å²) in [6, 6.07) is 5.53. The number of hydrazine groups is 1. The molecule has 0 aliphatic heterocycles. The van der Waals surface area contributed by atoms with Crippen LogP contribution in [0.4, 0.5) is 5.69 Å². The lowest BCUT2D eigenvalue weighted by Crippen LogP contribution is -2.34. The number of ether oxygens (including phenoxy) is 1. The zero-order valence-electron chi connectivity index (χ0n) is 7.67. The lowest BCUT2D eigenvalue weighted by molar-refractivity contribution is -0.384. The molecule has 1 rings (SSSR count). The third kappa shape index (κ3) is 3.24. The molecule has 3 N–H and O–H groups in total. The molecular weight excluding hydrogens is 202 g/mol. The van der Waals surface area contributed by atoms with Gasteiger partial charge in [0, 0.05) is 6.07 Å². The molecule has 0 unspecified atom stereocenters. The molecule has 7 nitrogen and oxygen atoms in total. The lowest BCUT2D eigenvalue weighted by Gasteiger charge is -2.03. The fourth-order valence-corrected chi connectivity index (χ4v) is 0.877. The van der Waals surface area contributed by atoms with Crippen molar-refractivity contribution in [3.63, 3.8) is 0 Å². The number of rotatable bonds is 4. The van der Waals surface area contributed by atoms with Gasteiger partial charge in [-0.2, -0.15) is 0 Å². The summed E-state index contributed by atoms with van der Waals surface area (Å²) in [7, 11) is 0. The van der Waals surface area contributed by atoms with Crippen molar-refractivity contribution in [1.82, 2.24) is 5.43 Å². The van der Waals surface area contributed by atoms with E-state index in [0.29, 0.717) is 0 Å². The van der Waals surface area contributed by atoms with E-state index in [1.807, 2.05) is 5.43 Å². The van der Waals surface area contributed by atoms with Crippen LogP contribution in [0.1, 0.15) is 0 Å². The van der Waals surface area contributed by atoms with Crippen LogP contribution in [-0.4, -0.2) is 17.4 Å². The summed E-state index contributed by atoms with van der Waals surface area (Å²) < 4.78 is 4.95. The van der Waals surface area contributed by atoms with Crippen LogP contribution in [0.5, 0.6) is 5.75 Å². The fourth-order valence-electron chi connectivity index (χ4n) is 0.877. The Morgan fingerprint density at radius 3 is 2.93 bits per heavy atom. The number of non-ortho nitro benzene ring substituents is 1. The van der Waals surface area contributed by atoms with Gasteiger partial charge in [0.15, 0.2) is 6.61 Å². The largest absolute Gasteiger partial charge is 0.483 e. The summed E-state index contributed by atoms with van der Waals surface area (Å²) in [5, 5.41) is 10.4. The molecule has 0 aliphatic rings. The molecule has 1 aromatic rings. The second-order valence-electron chi connectivity index (χ2n) is 2.61. The van der Waals surface area contributed by atoms with Gasteiger partial charge in [0.05, 0.1) is 11.0 Å². The van der Waals surface area contributed by atoms with Gasteiger partial charge in [-0.05, 0) is 6.07 Å². The molecule has 80 valence electrons. The van der Waals surface area contributed by atoms with Crippen LogP contribution in [0.25, 0.3) is 0 Å². The summed E-state index contributed by atoms with van der Waals surface area (Å²) in [6.07, 6.45) is 0. The van der Waals surface area contributed by atoms with Gasteiger partial charge in [0.2, 0.25) is 0 Å². The normalized spacial score (nSPS) is 9.40. The predicted octanol–water partition coefficient (Wildman–Crippen LogP) is -0.0365. The number of carbonyl (C=O) groups is 1. The Balaban J connectivity index is 2.66. The predicted molar refractivity (Wildman–Crippen MR) is 50.9 cm³/mol. The van der Waals surface area contributed by atoms with Crippen molar-refractivity contribution in [1.29, 1.82) is 0 Å². The number of hydrogen-bond donors (Lipinski definition) is 2. The van der Waals surface area contributed by atoms with Crippen molar-refractivity contribution in [3.05, 3.63) is 34.4 Å². The molecule has 1 aromatic carbocycles. The minimum Gasteiger partial charge on any atom is -0.483 e. The van der Waals surface area contributed by atoms with E-state index in [1.54, 1.807) is 0 Å². The molecule has 0 aliphatic carbocycles. The van der Waals surface area contributed by atoms with Gasteiger partial charge in [0.1, 0.15) is 5.75 Å². The Labute approximate surface area is 84.9 Å². The Morgan fingerprint density at radius 1 is 1.60 bits per heavy atom. The third-order valence-corrected chi connectivity index (χ3v) is 1.56. The Bertz CT molecular complexity index is 380. The third-order valence-electron chi connectivity index (χ3n) is 1.56. The zero-order valence-corrected chi connectivity index (χ0v) is 7.67. The van der Waals surface area contributed by atoms with Crippen molar-refractivity contribution in [2.75, 3.05) is 6.61 Å². The standard InChI is InChI=1S/C8H9N3O4/c9-10-8(12)5-15-7-3-1-2-6(4-7)11(13)14/h1-4H,5,9H2,(H,10,12). The molecule has 0 aromatic heterocycles. The second-order valence-corrected chi connectivity index (χ2v) is 2.61. The number of nitro groups is 1. The van der Waals surface area contributed by atoms with Gasteiger partial charge in [-0.3, -0.25) is 20.3 Å². The summed E-state index contributed by atoms with van der Waals surface area (Å²) >= 11 is 0. The first-order valence-electron chi connectivity index (χ1n) is 4.00. The highest BCUT2D eigenvalue weighted by Crippen LogP contribution is 2.18. The Kier molecular flexibility index (Phi) is 3.58. The number of nitrogens with one attached hydrogen (secondary N) is 1. The molecule has 0 saturated carbocycles. The van der Waals surface area contributed by atoms with E-state index in [2.05, 4.69) is 0 Å². The number of amides is 1. The van der Waals surface area contributed by atoms with Crippen molar-refractivity contribution in [2.45, 2.75) is 0 Å². The van der Waals surface area contributed by atoms with Crippen LogP contribution < -0.4 is 16.0 Å². The molecule has 0 fully saturated rings. The number of carbonyl (C=O) groups excluding carboxylic acids is 1. The van der Waals surface area contributed by atoms with Crippen LogP contribution in [0.15, 0.2) is 24.3 Å². The maximum atomic E-state index is 10.7. The summed E-state index contributed by atoms with van der Waals surface area (Å²) in [6.45, 7) is -0.280. The molecule has 0 radical (unpaired) electrons. The first kappa shape index (κ1) is 10.9.